The smallest absolute Gasteiger partial charge is 0.274 e. The van der Waals surface area contributed by atoms with Crippen molar-refractivity contribution in [3.05, 3.63) is 57.9 Å². The number of carbonyl (C=O) groups excluding carboxylic acids is 1. The number of carbonyl (C=O) groups is 1. The highest BCUT2D eigenvalue weighted by atomic mass is 35.5. The second-order valence-electron chi connectivity index (χ2n) is 4.74. The van der Waals surface area contributed by atoms with Gasteiger partial charge in [-0.15, -0.1) is 0 Å². The molecule has 0 aliphatic carbocycles. The van der Waals surface area contributed by atoms with Gasteiger partial charge in [0.15, 0.2) is 11.5 Å². The molecule has 0 radical (unpaired) electrons. The Morgan fingerprint density at radius 2 is 2.08 bits per heavy atom. The van der Waals surface area contributed by atoms with Crippen LogP contribution in [-0.4, -0.2) is 26.3 Å². The van der Waals surface area contributed by atoms with Gasteiger partial charge in [0.2, 0.25) is 0 Å². The molecule has 0 unspecified atom stereocenters. The molecular weight excluding hydrogens is 349 g/mol. The van der Waals surface area contributed by atoms with Crippen LogP contribution in [0.3, 0.4) is 0 Å². The predicted octanol–water partition coefficient (Wildman–Crippen LogP) is 3.13. The van der Waals surface area contributed by atoms with Gasteiger partial charge in [0.1, 0.15) is 5.82 Å². The molecule has 0 aliphatic rings. The van der Waals surface area contributed by atoms with Crippen LogP contribution in [0.1, 0.15) is 21.5 Å². The maximum atomic E-state index is 13.8. The fraction of sp³-hybridized carbons (Fsp3) is 0.118. The number of rotatable bonds is 5. The van der Waals surface area contributed by atoms with Crippen molar-refractivity contribution in [2.24, 2.45) is 5.10 Å². The van der Waals surface area contributed by atoms with Crippen molar-refractivity contribution in [2.45, 2.75) is 0 Å². The van der Waals surface area contributed by atoms with E-state index in [0.717, 1.165) is 6.07 Å². The van der Waals surface area contributed by atoms with E-state index in [9.17, 15) is 9.18 Å². The van der Waals surface area contributed by atoms with E-state index in [1.807, 2.05) is 0 Å². The molecule has 1 amide bonds. The van der Waals surface area contributed by atoms with Crippen LogP contribution < -0.4 is 14.9 Å². The third-order valence-electron chi connectivity index (χ3n) is 3.18. The molecule has 0 saturated carbocycles. The Bertz CT molecular complexity index is 878. The Kier molecular flexibility index (Phi) is 5.93. The molecule has 0 fully saturated rings. The fourth-order valence-corrected chi connectivity index (χ4v) is 2.30. The number of hydrogen-bond donors (Lipinski definition) is 1. The molecule has 8 heteroatoms. The fourth-order valence-electron chi connectivity index (χ4n) is 2.01. The van der Waals surface area contributed by atoms with Crippen LogP contribution in [-0.2, 0) is 0 Å². The lowest BCUT2D eigenvalue weighted by Crippen LogP contribution is -2.19. The standard InChI is InChI=1S/C17H13ClFN3O3/c1-24-15-7-11(5-13(18)16(15)25-2)9-21-22-17(23)12-4-3-10(8-20)6-14(12)19/h3-7,9H,1-2H3,(H,22,23)/b21-9-. The van der Waals surface area contributed by atoms with Crippen molar-refractivity contribution in [3.63, 3.8) is 0 Å². The summed E-state index contributed by atoms with van der Waals surface area (Å²) in [5.74, 6) is -0.767. The number of hydrazone groups is 1. The Hall–Kier alpha value is -3.11. The summed E-state index contributed by atoms with van der Waals surface area (Å²) in [5, 5.41) is 12.8. The van der Waals surface area contributed by atoms with Gasteiger partial charge < -0.3 is 9.47 Å². The molecule has 2 rings (SSSR count). The molecule has 0 spiro atoms. The van der Waals surface area contributed by atoms with E-state index in [2.05, 4.69) is 10.5 Å². The van der Waals surface area contributed by atoms with Crippen LogP contribution in [0.15, 0.2) is 35.4 Å². The van der Waals surface area contributed by atoms with Crippen LogP contribution in [0.2, 0.25) is 5.02 Å². The molecule has 0 heterocycles. The second-order valence-corrected chi connectivity index (χ2v) is 5.15. The third kappa shape index (κ3) is 4.25. The van der Waals surface area contributed by atoms with Crippen molar-refractivity contribution >= 4 is 23.7 Å². The SMILES string of the molecule is COc1cc(/C=N\NC(=O)c2ccc(C#N)cc2F)cc(Cl)c1OC. The van der Waals surface area contributed by atoms with Gasteiger partial charge in [0.05, 0.1) is 42.7 Å². The number of methoxy groups -OCH3 is 2. The summed E-state index contributed by atoms with van der Waals surface area (Å²) in [7, 11) is 2.93. The first-order valence-corrected chi connectivity index (χ1v) is 7.32. The zero-order chi connectivity index (χ0) is 18.4. The summed E-state index contributed by atoms with van der Waals surface area (Å²) >= 11 is 6.07. The lowest BCUT2D eigenvalue weighted by molar-refractivity contribution is 0.0951. The molecular formula is C17H13ClFN3O3. The lowest BCUT2D eigenvalue weighted by atomic mass is 10.1. The number of amides is 1. The number of benzene rings is 2. The van der Waals surface area contributed by atoms with Crippen LogP contribution in [0.4, 0.5) is 4.39 Å². The highest BCUT2D eigenvalue weighted by Gasteiger charge is 2.12. The Morgan fingerprint density at radius 3 is 2.68 bits per heavy atom. The van der Waals surface area contributed by atoms with Gasteiger partial charge in [0, 0.05) is 0 Å². The van der Waals surface area contributed by atoms with E-state index < -0.39 is 11.7 Å². The average molecular weight is 362 g/mol. The second kappa shape index (κ2) is 8.13. The third-order valence-corrected chi connectivity index (χ3v) is 3.46. The summed E-state index contributed by atoms with van der Waals surface area (Å²) in [4.78, 5) is 11.9. The predicted molar refractivity (Wildman–Crippen MR) is 90.7 cm³/mol. The van der Waals surface area contributed by atoms with Crippen molar-refractivity contribution < 1.29 is 18.7 Å². The molecule has 25 heavy (non-hydrogen) atoms. The first-order valence-electron chi connectivity index (χ1n) is 6.94. The number of nitriles is 1. The number of hydrogen-bond acceptors (Lipinski definition) is 5. The van der Waals surface area contributed by atoms with Gasteiger partial charge >= 0.3 is 0 Å². The zero-order valence-electron chi connectivity index (χ0n) is 13.3. The highest BCUT2D eigenvalue weighted by molar-refractivity contribution is 6.32. The molecule has 2 aromatic rings. The molecule has 1 N–H and O–H groups in total. The molecule has 0 atom stereocenters. The van der Waals surface area contributed by atoms with E-state index in [0.29, 0.717) is 22.1 Å². The molecule has 0 bridgehead atoms. The summed E-state index contributed by atoms with van der Waals surface area (Å²) < 4.78 is 24.0. The summed E-state index contributed by atoms with van der Waals surface area (Å²) in [6.07, 6.45) is 1.33. The summed E-state index contributed by atoms with van der Waals surface area (Å²) in [6.45, 7) is 0. The van der Waals surface area contributed by atoms with Crippen LogP contribution >= 0.6 is 11.6 Å². The maximum absolute atomic E-state index is 13.8. The van der Waals surface area contributed by atoms with Gasteiger partial charge in [-0.25, -0.2) is 9.82 Å². The lowest BCUT2D eigenvalue weighted by Gasteiger charge is -2.09. The Labute approximate surface area is 148 Å². The largest absolute Gasteiger partial charge is 0.493 e. The van der Waals surface area contributed by atoms with E-state index >= 15 is 0 Å². The maximum Gasteiger partial charge on any atom is 0.274 e. The van der Waals surface area contributed by atoms with Gasteiger partial charge in [-0.1, -0.05) is 11.6 Å². The van der Waals surface area contributed by atoms with Gasteiger partial charge in [-0.2, -0.15) is 10.4 Å². The van der Waals surface area contributed by atoms with Gasteiger partial charge in [-0.05, 0) is 35.9 Å². The van der Waals surface area contributed by atoms with Crippen molar-refractivity contribution in [3.8, 4) is 17.6 Å². The number of nitrogens with zero attached hydrogens (tertiary/aromatic N) is 2. The molecule has 2 aromatic carbocycles. The normalized spacial score (nSPS) is 10.4. The summed E-state index contributed by atoms with van der Waals surface area (Å²) in [5.41, 5.74) is 2.65. The van der Waals surface area contributed by atoms with Gasteiger partial charge in [0.25, 0.3) is 5.91 Å². The quantitative estimate of drug-likeness (QED) is 0.655. The minimum Gasteiger partial charge on any atom is -0.493 e. The van der Waals surface area contributed by atoms with Crippen molar-refractivity contribution in [2.75, 3.05) is 14.2 Å². The Morgan fingerprint density at radius 1 is 1.32 bits per heavy atom. The van der Waals surface area contributed by atoms with Gasteiger partial charge in [-0.3, -0.25) is 4.79 Å². The summed E-state index contributed by atoms with van der Waals surface area (Å²) in [6, 6.07) is 8.51. The van der Waals surface area contributed by atoms with E-state index in [4.69, 9.17) is 26.3 Å². The topological polar surface area (TPSA) is 83.7 Å². The molecule has 0 aliphatic heterocycles. The van der Waals surface area contributed by atoms with Crippen molar-refractivity contribution in [1.29, 1.82) is 5.26 Å². The van der Waals surface area contributed by atoms with E-state index in [1.54, 1.807) is 18.2 Å². The zero-order valence-corrected chi connectivity index (χ0v) is 14.1. The van der Waals surface area contributed by atoms with E-state index in [-0.39, 0.29) is 11.1 Å². The van der Waals surface area contributed by atoms with Crippen LogP contribution in [0.5, 0.6) is 11.5 Å². The first-order chi connectivity index (χ1) is 12.0. The molecule has 0 aromatic heterocycles. The minimum absolute atomic E-state index is 0.123. The number of ether oxygens (including phenoxy) is 2. The minimum atomic E-state index is -0.805. The molecule has 6 nitrogen and oxygen atoms in total. The van der Waals surface area contributed by atoms with Crippen molar-refractivity contribution in [1.82, 2.24) is 5.43 Å². The first kappa shape index (κ1) is 18.2. The number of nitrogens with one attached hydrogen (secondary N) is 1. The number of halogens is 2. The molecule has 0 saturated heterocycles. The van der Waals surface area contributed by atoms with Crippen LogP contribution in [0.25, 0.3) is 0 Å². The Balaban J connectivity index is 2.14. The average Bonchev–Trinajstić information content (AvgIpc) is 2.60. The van der Waals surface area contributed by atoms with E-state index in [1.165, 1.54) is 32.6 Å². The van der Waals surface area contributed by atoms with Crippen LogP contribution in [0, 0.1) is 17.1 Å². The highest BCUT2D eigenvalue weighted by Crippen LogP contribution is 2.35. The monoisotopic (exact) mass is 361 g/mol. The molecule has 128 valence electrons.